The summed E-state index contributed by atoms with van der Waals surface area (Å²) in [5.74, 6) is -0.174. The molecule has 0 aliphatic rings. The van der Waals surface area contributed by atoms with Crippen molar-refractivity contribution in [1.29, 1.82) is 0 Å². The van der Waals surface area contributed by atoms with Gasteiger partial charge in [-0.05, 0) is 35.7 Å². The summed E-state index contributed by atoms with van der Waals surface area (Å²) >= 11 is 0. The Balaban J connectivity index is 1.44. The number of amides is 1. The minimum absolute atomic E-state index is 0.132. The fourth-order valence-electron chi connectivity index (χ4n) is 3.20. The second kappa shape index (κ2) is 8.48. The highest BCUT2D eigenvalue weighted by molar-refractivity contribution is 5.91. The molecule has 0 bridgehead atoms. The van der Waals surface area contributed by atoms with Crippen LogP contribution in [0.25, 0.3) is 10.9 Å². The molecule has 1 heterocycles. The molecule has 1 N–H and O–H groups in total. The molecule has 144 valence electrons. The van der Waals surface area contributed by atoms with E-state index in [9.17, 15) is 9.59 Å². The Morgan fingerprint density at radius 3 is 2.48 bits per heavy atom. The average molecular weight is 384 g/mol. The van der Waals surface area contributed by atoms with Crippen LogP contribution in [0.5, 0.6) is 0 Å². The second-order valence-electron chi connectivity index (χ2n) is 6.75. The van der Waals surface area contributed by atoms with Gasteiger partial charge < -0.3 is 5.32 Å². The molecule has 0 radical (unpaired) electrons. The largest absolute Gasteiger partial charge is 0.326 e. The maximum absolute atomic E-state index is 12.5. The van der Waals surface area contributed by atoms with E-state index in [0.717, 1.165) is 17.7 Å². The highest BCUT2D eigenvalue weighted by atomic mass is 16.2. The van der Waals surface area contributed by atoms with Crippen LogP contribution in [0.3, 0.4) is 0 Å². The van der Waals surface area contributed by atoms with Crippen LogP contribution >= 0.6 is 0 Å². The molecule has 0 saturated carbocycles. The van der Waals surface area contributed by atoms with E-state index in [1.54, 1.807) is 24.3 Å². The van der Waals surface area contributed by atoms with E-state index in [4.69, 9.17) is 0 Å². The van der Waals surface area contributed by atoms with Crippen molar-refractivity contribution in [3.8, 4) is 0 Å². The van der Waals surface area contributed by atoms with E-state index in [1.807, 2.05) is 42.5 Å². The first-order chi connectivity index (χ1) is 14.2. The number of carbonyl (C=O) groups is 1. The molecule has 1 amide bonds. The maximum Gasteiger partial charge on any atom is 0.277 e. The first kappa shape index (κ1) is 18.6. The summed E-state index contributed by atoms with van der Waals surface area (Å²) in [5, 5.41) is 11.4. The molecule has 0 aliphatic heterocycles. The highest BCUT2D eigenvalue weighted by Crippen LogP contribution is 2.19. The molecule has 6 nitrogen and oxygen atoms in total. The number of nitrogens with zero attached hydrogens (tertiary/aromatic N) is 3. The number of carbonyl (C=O) groups excluding carboxylic acids is 1. The van der Waals surface area contributed by atoms with Gasteiger partial charge in [-0.3, -0.25) is 9.59 Å². The third kappa shape index (κ3) is 4.38. The van der Waals surface area contributed by atoms with Gasteiger partial charge in [-0.15, -0.1) is 5.10 Å². The van der Waals surface area contributed by atoms with Crippen LogP contribution in [-0.2, 0) is 17.8 Å². The van der Waals surface area contributed by atoms with Crippen molar-refractivity contribution in [2.24, 2.45) is 0 Å². The first-order valence-corrected chi connectivity index (χ1v) is 9.45. The van der Waals surface area contributed by atoms with Crippen molar-refractivity contribution in [3.05, 3.63) is 100 Å². The van der Waals surface area contributed by atoms with E-state index in [2.05, 4.69) is 27.8 Å². The monoisotopic (exact) mass is 384 g/mol. The van der Waals surface area contributed by atoms with Gasteiger partial charge in [-0.1, -0.05) is 65.9 Å². The fraction of sp³-hybridized carbons (Fsp3) is 0.130. The average Bonchev–Trinajstić information content (AvgIpc) is 2.76. The standard InChI is InChI=1S/C23H20N4O2/c28-22(14-15-27-23(29)19-11-5-7-13-21(19)25-26-27)24-20-12-6-4-10-18(20)16-17-8-2-1-3-9-17/h1-13H,14-16H2,(H,24,28). The zero-order chi connectivity index (χ0) is 20.1. The molecule has 4 rings (SSSR count). The molecule has 3 aromatic carbocycles. The molecule has 29 heavy (non-hydrogen) atoms. The van der Waals surface area contributed by atoms with Crippen molar-refractivity contribution in [3.63, 3.8) is 0 Å². The van der Waals surface area contributed by atoms with Crippen molar-refractivity contribution in [1.82, 2.24) is 15.0 Å². The molecular weight excluding hydrogens is 364 g/mol. The van der Waals surface area contributed by atoms with Gasteiger partial charge in [0.25, 0.3) is 5.56 Å². The number of rotatable bonds is 6. The van der Waals surface area contributed by atoms with E-state index >= 15 is 0 Å². The van der Waals surface area contributed by atoms with Gasteiger partial charge >= 0.3 is 0 Å². The SMILES string of the molecule is O=C(CCn1nnc2ccccc2c1=O)Nc1ccccc1Cc1ccccc1. The molecule has 0 fully saturated rings. The van der Waals surface area contributed by atoms with E-state index in [0.29, 0.717) is 10.9 Å². The summed E-state index contributed by atoms with van der Waals surface area (Å²) in [6, 6.07) is 24.9. The Kier molecular flexibility index (Phi) is 5.42. The zero-order valence-electron chi connectivity index (χ0n) is 15.8. The van der Waals surface area contributed by atoms with E-state index < -0.39 is 0 Å². The summed E-state index contributed by atoms with van der Waals surface area (Å²) < 4.78 is 1.23. The number of aryl methyl sites for hydroxylation is 1. The minimum atomic E-state index is -0.243. The minimum Gasteiger partial charge on any atom is -0.326 e. The van der Waals surface area contributed by atoms with Crippen LogP contribution in [0.4, 0.5) is 5.69 Å². The summed E-state index contributed by atoms with van der Waals surface area (Å²) in [5.41, 5.74) is 3.29. The maximum atomic E-state index is 12.5. The number of fused-ring (bicyclic) bond motifs is 1. The lowest BCUT2D eigenvalue weighted by molar-refractivity contribution is -0.116. The quantitative estimate of drug-likeness (QED) is 0.553. The van der Waals surface area contributed by atoms with Gasteiger partial charge in [0.15, 0.2) is 0 Å². The number of anilines is 1. The Bertz CT molecular complexity index is 1200. The molecule has 1 aromatic heterocycles. The van der Waals surface area contributed by atoms with Gasteiger partial charge in [-0.25, -0.2) is 4.68 Å². The van der Waals surface area contributed by atoms with Crippen LogP contribution in [0.15, 0.2) is 83.7 Å². The Labute approximate surface area is 167 Å². The third-order valence-corrected chi connectivity index (χ3v) is 4.71. The van der Waals surface area contributed by atoms with Crippen LogP contribution in [0.2, 0.25) is 0 Å². The molecule has 0 atom stereocenters. The predicted octanol–water partition coefficient (Wildman–Crippen LogP) is 3.41. The van der Waals surface area contributed by atoms with E-state index in [-0.39, 0.29) is 24.4 Å². The summed E-state index contributed by atoms with van der Waals surface area (Å²) in [6.07, 6.45) is 0.861. The highest BCUT2D eigenvalue weighted by Gasteiger charge is 2.10. The Hall–Kier alpha value is -3.80. The number of hydrogen-bond acceptors (Lipinski definition) is 4. The molecule has 0 saturated heterocycles. The topological polar surface area (TPSA) is 76.9 Å². The Morgan fingerprint density at radius 2 is 1.62 bits per heavy atom. The molecule has 0 aliphatic carbocycles. The zero-order valence-corrected chi connectivity index (χ0v) is 15.8. The molecule has 0 spiro atoms. The number of aromatic nitrogens is 3. The summed E-state index contributed by atoms with van der Waals surface area (Å²) in [4.78, 5) is 25.0. The number of nitrogens with one attached hydrogen (secondary N) is 1. The number of hydrogen-bond donors (Lipinski definition) is 1. The van der Waals surface area contributed by atoms with Gasteiger partial charge in [0.05, 0.1) is 11.9 Å². The van der Waals surface area contributed by atoms with Crippen LogP contribution in [0.1, 0.15) is 17.5 Å². The summed E-state index contributed by atoms with van der Waals surface area (Å²) in [7, 11) is 0. The Morgan fingerprint density at radius 1 is 0.897 bits per heavy atom. The lowest BCUT2D eigenvalue weighted by Crippen LogP contribution is -2.26. The second-order valence-corrected chi connectivity index (χ2v) is 6.75. The number of benzene rings is 3. The fourth-order valence-corrected chi connectivity index (χ4v) is 3.20. The van der Waals surface area contributed by atoms with Crippen molar-refractivity contribution in [2.45, 2.75) is 19.4 Å². The lowest BCUT2D eigenvalue weighted by atomic mass is 10.0. The first-order valence-electron chi connectivity index (χ1n) is 9.45. The van der Waals surface area contributed by atoms with Gasteiger partial charge in [0.1, 0.15) is 5.52 Å². The molecule has 4 aromatic rings. The van der Waals surface area contributed by atoms with E-state index in [1.165, 1.54) is 10.2 Å². The molecule has 0 unspecified atom stereocenters. The third-order valence-electron chi connectivity index (χ3n) is 4.71. The van der Waals surface area contributed by atoms with Gasteiger partial charge in [0, 0.05) is 12.1 Å². The lowest BCUT2D eigenvalue weighted by Gasteiger charge is -2.11. The van der Waals surface area contributed by atoms with Crippen molar-refractivity contribution in [2.75, 3.05) is 5.32 Å². The van der Waals surface area contributed by atoms with Crippen LogP contribution in [0, 0.1) is 0 Å². The van der Waals surface area contributed by atoms with Crippen molar-refractivity contribution < 1.29 is 4.79 Å². The van der Waals surface area contributed by atoms with Crippen LogP contribution < -0.4 is 10.9 Å². The normalized spacial score (nSPS) is 10.8. The summed E-state index contributed by atoms with van der Waals surface area (Å²) in [6.45, 7) is 0.170. The molecular formula is C23H20N4O2. The van der Waals surface area contributed by atoms with Gasteiger partial charge in [0.2, 0.25) is 5.91 Å². The van der Waals surface area contributed by atoms with Crippen molar-refractivity contribution >= 4 is 22.5 Å². The van der Waals surface area contributed by atoms with Crippen LogP contribution in [-0.4, -0.2) is 20.9 Å². The predicted molar refractivity (Wildman–Crippen MR) is 113 cm³/mol. The molecule has 6 heteroatoms. The smallest absolute Gasteiger partial charge is 0.277 e. The van der Waals surface area contributed by atoms with Gasteiger partial charge in [-0.2, -0.15) is 0 Å². The number of para-hydroxylation sites is 1.